The number of amides is 1. The standard InChI is InChI=1S/C20H21F3N4O2/c1-12(2)9-27-17-11-26(10-15(17)8-25-27)19(28)16-6-14(7-24)4-5-18(16)29-13(3)20(21,22)23/h4-6,8,12-13H,9-11H2,1-3H3/t13-/m0/s1. The monoisotopic (exact) mass is 406 g/mol. The number of rotatable bonds is 5. The minimum Gasteiger partial charge on any atom is -0.480 e. The minimum absolute atomic E-state index is 0.0614. The van der Waals surface area contributed by atoms with Gasteiger partial charge in [0.25, 0.3) is 5.91 Å². The number of fused-ring (bicyclic) bond motifs is 1. The third kappa shape index (κ3) is 4.36. The molecule has 9 heteroatoms. The molecule has 1 aliphatic heterocycles. The molecule has 0 spiro atoms. The van der Waals surface area contributed by atoms with E-state index < -0.39 is 18.2 Å². The Morgan fingerprint density at radius 3 is 2.66 bits per heavy atom. The van der Waals surface area contributed by atoms with Crippen molar-refractivity contribution in [2.24, 2.45) is 5.92 Å². The molecule has 0 saturated carbocycles. The highest BCUT2D eigenvalue weighted by molar-refractivity contribution is 5.97. The highest BCUT2D eigenvalue weighted by Gasteiger charge is 2.39. The molecule has 6 nitrogen and oxygen atoms in total. The van der Waals surface area contributed by atoms with Gasteiger partial charge in [-0.1, -0.05) is 13.8 Å². The number of halogens is 3. The van der Waals surface area contributed by atoms with Crippen LogP contribution in [0.3, 0.4) is 0 Å². The van der Waals surface area contributed by atoms with Crippen LogP contribution in [0.2, 0.25) is 0 Å². The van der Waals surface area contributed by atoms with Gasteiger partial charge in [0.05, 0.1) is 35.6 Å². The van der Waals surface area contributed by atoms with Crippen molar-refractivity contribution in [1.29, 1.82) is 5.26 Å². The molecule has 29 heavy (non-hydrogen) atoms. The van der Waals surface area contributed by atoms with Gasteiger partial charge in [0.1, 0.15) is 5.75 Å². The zero-order valence-corrected chi connectivity index (χ0v) is 16.3. The average Bonchev–Trinajstić information content (AvgIpc) is 3.22. The van der Waals surface area contributed by atoms with Gasteiger partial charge in [0, 0.05) is 18.7 Å². The summed E-state index contributed by atoms with van der Waals surface area (Å²) in [6, 6.07) is 5.73. The molecule has 0 N–H and O–H groups in total. The first-order valence-electron chi connectivity index (χ1n) is 9.20. The second kappa shape index (κ2) is 7.78. The van der Waals surface area contributed by atoms with E-state index in [-0.39, 0.29) is 16.9 Å². The van der Waals surface area contributed by atoms with Crippen molar-refractivity contribution in [1.82, 2.24) is 14.7 Å². The third-order valence-electron chi connectivity index (χ3n) is 4.67. The number of carbonyl (C=O) groups is 1. The van der Waals surface area contributed by atoms with Crippen LogP contribution in [0, 0.1) is 17.2 Å². The molecule has 2 heterocycles. The van der Waals surface area contributed by atoms with Gasteiger partial charge < -0.3 is 9.64 Å². The Morgan fingerprint density at radius 1 is 1.31 bits per heavy atom. The Kier molecular flexibility index (Phi) is 5.55. The molecule has 1 aromatic carbocycles. The zero-order valence-electron chi connectivity index (χ0n) is 16.3. The minimum atomic E-state index is -4.57. The maximum atomic E-state index is 13.1. The van der Waals surface area contributed by atoms with Gasteiger partial charge in [-0.25, -0.2) is 0 Å². The van der Waals surface area contributed by atoms with Crippen molar-refractivity contribution in [3.63, 3.8) is 0 Å². The lowest BCUT2D eigenvalue weighted by atomic mass is 10.1. The largest absolute Gasteiger partial charge is 0.480 e. The Labute approximate surface area is 166 Å². The molecular weight excluding hydrogens is 385 g/mol. The fourth-order valence-electron chi connectivity index (χ4n) is 3.15. The summed E-state index contributed by atoms with van der Waals surface area (Å²) in [5.74, 6) is -0.308. The van der Waals surface area contributed by atoms with Crippen LogP contribution in [0.4, 0.5) is 13.2 Å². The first kappa shape index (κ1) is 20.7. The fraction of sp³-hybridized carbons (Fsp3) is 0.450. The van der Waals surface area contributed by atoms with Crippen molar-refractivity contribution < 1.29 is 22.7 Å². The normalized spacial score (nSPS) is 14.6. The summed E-state index contributed by atoms with van der Waals surface area (Å²) in [6.45, 7) is 6.30. The highest BCUT2D eigenvalue weighted by atomic mass is 19.4. The maximum absolute atomic E-state index is 13.1. The molecule has 3 rings (SSSR count). The Bertz CT molecular complexity index is 960. The van der Waals surface area contributed by atoms with Crippen molar-refractivity contribution in [3.05, 3.63) is 46.8 Å². The third-order valence-corrected chi connectivity index (χ3v) is 4.67. The van der Waals surface area contributed by atoms with Crippen LogP contribution in [-0.2, 0) is 19.6 Å². The van der Waals surface area contributed by atoms with Crippen molar-refractivity contribution in [2.75, 3.05) is 0 Å². The SMILES string of the molecule is CC(C)Cn1ncc2c1CN(C(=O)c1cc(C#N)ccc1O[C@@H](C)C(F)(F)F)C2. The zero-order chi connectivity index (χ0) is 21.3. The Morgan fingerprint density at radius 2 is 2.03 bits per heavy atom. The van der Waals surface area contributed by atoms with Gasteiger partial charge >= 0.3 is 6.18 Å². The van der Waals surface area contributed by atoms with Crippen LogP contribution >= 0.6 is 0 Å². The van der Waals surface area contributed by atoms with E-state index in [9.17, 15) is 18.0 Å². The van der Waals surface area contributed by atoms with Gasteiger partial charge in [-0.3, -0.25) is 9.48 Å². The van der Waals surface area contributed by atoms with Crippen LogP contribution in [-0.4, -0.2) is 32.9 Å². The molecule has 0 fully saturated rings. The second-order valence-corrected chi connectivity index (χ2v) is 7.48. The van der Waals surface area contributed by atoms with E-state index in [1.54, 1.807) is 6.20 Å². The van der Waals surface area contributed by atoms with Crippen molar-refractivity contribution in [2.45, 2.75) is 52.7 Å². The fourth-order valence-corrected chi connectivity index (χ4v) is 3.15. The van der Waals surface area contributed by atoms with Gasteiger partial charge in [0.2, 0.25) is 0 Å². The molecule has 154 valence electrons. The van der Waals surface area contributed by atoms with E-state index in [2.05, 4.69) is 18.9 Å². The summed E-state index contributed by atoms with van der Waals surface area (Å²) < 4.78 is 45.6. The average molecular weight is 406 g/mol. The number of alkyl halides is 3. The van der Waals surface area contributed by atoms with Crippen LogP contribution < -0.4 is 4.74 Å². The maximum Gasteiger partial charge on any atom is 0.425 e. The summed E-state index contributed by atoms with van der Waals surface area (Å²) in [7, 11) is 0. The molecule has 1 atom stereocenters. The molecular formula is C20H21F3N4O2. The predicted molar refractivity (Wildman–Crippen MR) is 97.9 cm³/mol. The van der Waals surface area contributed by atoms with E-state index in [4.69, 9.17) is 10.00 Å². The molecule has 1 amide bonds. The molecule has 0 unspecified atom stereocenters. The Balaban J connectivity index is 1.87. The van der Waals surface area contributed by atoms with E-state index in [1.807, 2.05) is 10.8 Å². The number of hydrogen-bond acceptors (Lipinski definition) is 4. The molecule has 1 aliphatic rings. The van der Waals surface area contributed by atoms with Crippen LogP contribution in [0.5, 0.6) is 5.75 Å². The quantitative estimate of drug-likeness (QED) is 0.755. The van der Waals surface area contributed by atoms with Gasteiger partial charge in [-0.2, -0.15) is 23.5 Å². The van der Waals surface area contributed by atoms with Crippen LogP contribution in [0.15, 0.2) is 24.4 Å². The van der Waals surface area contributed by atoms with Crippen molar-refractivity contribution in [3.8, 4) is 11.8 Å². The summed E-state index contributed by atoms with van der Waals surface area (Å²) in [4.78, 5) is 14.6. The van der Waals surface area contributed by atoms with Crippen molar-refractivity contribution >= 4 is 5.91 Å². The van der Waals surface area contributed by atoms with Crippen LogP contribution in [0.25, 0.3) is 0 Å². The molecule has 0 bridgehead atoms. The summed E-state index contributed by atoms with van der Waals surface area (Å²) in [6.07, 6.45) is -4.95. The number of aromatic nitrogens is 2. The number of carbonyl (C=O) groups excluding carboxylic acids is 1. The van der Waals surface area contributed by atoms with Gasteiger partial charge in [-0.05, 0) is 31.0 Å². The lowest BCUT2D eigenvalue weighted by molar-refractivity contribution is -0.189. The Hall–Kier alpha value is -3.02. The summed E-state index contributed by atoms with van der Waals surface area (Å²) in [5, 5.41) is 13.5. The number of nitrogens with zero attached hydrogens (tertiary/aromatic N) is 4. The summed E-state index contributed by atoms with van der Waals surface area (Å²) >= 11 is 0. The number of hydrogen-bond donors (Lipinski definition) is 0. The van der Waals surface area contributed by atoms with Crippen LogP contribution in [0.1, 0.15) is 48.0 Å². The second-order valence-electron chi connectivity index (χ2n) is 7.48. The molecule has 0 radical (unpaired) electrons. The molecule has 0 aliphatic carbocycles. The lowest BCUT2D eigenvalue weighted by Gasteiger charge is -2.22. The first-order valence-corrected chi connectivity index (χ1v) is 9.20. The number of ether oxygens (including phenoxy) is 1. The van der Waals surface area contributed by atoms with E-state index in [0.29, 0.717) is 25.6 Å². The number of benzene rings is 1. The highest BCUT2D eigenvalue weighted by Crippen LogP contribution is 2.31. The summed E-state index contributed by atoms with van der Waals surface area (Å²) in [5.41, 5.74) is 1.92. The predicted octanol–water partition coefficient (Wildman–Crippen LogP) is 3.90. The molecule has 1 aromatic heterocycles. The number of nitriles is 1. The molecule has 2 aromatic rings. The van der Waals surface area contributed by atoms with E-state index in [1.165, 1.54) is 23.1 Å². The van der Waals surface area contributed by atoms with Gasteiger partial charge in [0.15, 0.2) is 6.10 Å². The first-order chi connectivity index (χ1) is 13.6. The van der Waals surface area contributed by atoms with E-state index in [0.717, 1.165) is 18.2 Å². The lowest BCUT2D eigenvalue weighted by Crippen LogP contribution is -2.33. The van der Waals surface area contributed by atoms with E-state index >= 15 is 0 Å². The van der Waals surface area contributed by atoms with Gasteiger partial charge in [-0.15, -0.1) is 0 Å². The molecule has 0 saturated heterocycles. The topological polar surface area (TPSA) is 71.2 Å². The smallest absolute Gasteiger partial charge is 0.425 e.